The van der Waals surface area contributed by atoms with Crippen molar-refractivity contribution in [1.82, 2.24) is 10.6 Å². The number of hydrogen-bond acceptors (Lipinski definition) is 3. The second kappa shape index (κ2) is 8.34. The molecule has 2 saturated carbocycles. The highest BCUT2D eigenvalue weighted by molar-refractivity contribution is 14.0. The molecule has 0 aromatic heterocycles. The minimum absolute atomic E-state index is 0. The van der Waals surface area contributed by atoms with Crippen LogP contribution in [0, 0.1) is 5.41 Å². The summed E-state index contributed by atoms with van der Waals surface area (Å²) in [5, 5.41) is 6.75. The maximum Gasteiger partial charge on any atom is 0.191 e. The summed E-state index contributed by atoms with van der Waals surface area (Å²) >= 11 is 3.55. The molecule has 0 spiro atoms. The molecule has 1 aromatic rings. The maximum atomic E-state index is 11.6. The predicted molar refractivity (Wildman–Crippen MR) is 121 cm³/mol. The fourth-order valence-electron chi connectivity index (χ4n) is 3.39. The van der Waals surface area contributed by atoms with Crippen LogP contribution in [0.15, 0.2) is 33.7 Å². The van der Waals surface area contributed by atoms with Gasteiger partial charge in [0, 0.05) is 41.7 Å². The summed E-state index contributed by atoms with van der Waals surface area (Å²) in [5.41, 5.74) is 1.43. The fourth-order valence-corrected chi connectivity index (χ4v) is 5.29. The van der Waals surface area contributed by atoms with Gasteiger partial charge in [-0.3, -0.25) is 4.99 Å². The van der Waals surface area contributed by atoms with Crippen molar-refractivity contribution in [3.8, 4) is 0 Å². The second-order valence-electron chi connectivity index (χ2n) is 7.64. The van der Waals surface area contributed by atoms with Gasteiger partial charge in [0.2, 0.25) is 0 Å². The van der Waals surface area contributed by atoms with E-state index in [4.69, 9.17) is 0 Å². The molecule has 2 aliphatic rings. The minimum atomic E-state index is -2.94. The molecule has 2 aliphatic carbocycles. The molecule has 0 unspecified atom stereocenters. The van der Waals surface area contributed by atoms with E-state index >= 15 is 0 Å². The van der Waals surface area contributed by atoms with E-state index in [0.29, 0.717) is 6.54 Å². The molecule has 5 nitrogen and oxygen atoms in total. The molecule has 0 aliphatic heterocycles. The molecule has 2 fully saturated rings. The van der Waals surface area contributed by atoms with Crippen molar-refractivity contribution in [2.45, 2.75) is 31.1 Å². The average Bonchev–Trinajstić information content (AvgIpc) is 3.44. The lowest BCUT2D eigenvalue weighted by atomic mass is 9.96. The molecule has 2 N–H and O–H groups in total. The van der Waals surface area contributed by atoms with Crippen molar-refractivity contribution in [2.75, 3.05) is 32.1 Å². The van der Waals surface area contributed by atoms with Crippen molar-refractivity contribution in [1.29, 1.82) is 0 Å². The Labute approximate surface area is 181 Å². The molecule has 0 amide bonds. The highest BCUT2D eigenvalue weighted by Gasteiger charge is 2.46. The van der Waals surface area contributed by atoms with Gasteiger partial charge in [-0.2, -0.15) is 0 Å². The summed E-state index contributed by atoms with van der Waals surface area (Å²) in [6.07, 6.45) is 5.59. The Balaban J connectivity index is 0.00000243. The quantitative estimate of drug-likeness (QED) is 0.308. The van der Waals surface area contributed by atoms with Crippen LogP contribution in [0.5, 0.6) is 0 Å². The van der Waals surface area contributed by atoms with Gasteiger partial charge in [0.05, 0.1) is 5.75 Å². The van der Waals surface area contributed by atoms with Gasteiger partial charge in [0.15, 0.2) is 5.96 Å². The number of nitrogens with zero attached hydrogens (tertiary/aromatic N) is 1. The Morgan fingerprint density at radius 1 is 1.19 bits per heavy atom. The summed E-state index contributed by atoms with van der Waals surface area (Å²) in [6.45, 7) is 1.49. The van der Waals surface area contributed by atoms with Crippen molar-refractivity contribution in [2.24, 2.45) is 10.4 Å². The van der Waals surface area contributed by atoms with E-state index in [2.05, 4.69) is 49.8 Å². The van der Waals surface area contributed by atoms with E-state index < -0.39 is 9.84 Å². The van der Waals surface area contributed by atoms with Gasteiger partial charge in [-0.25, -0.2) is 8.42 Å². The molecule has 3 rings (SSSR count). The zero-order valence-corrected chi connectivity index (χ0v) is 20.0. The molecule has 0 radical (unpaired) electrons. The smallest absolute Gasteiger partial charge is 0.191 e. The van der Waals surface area contributed by atoms with Crippen molar-refractivity contribution < 1.29 is 8.42 Å². The van der Waals surface area contributed by atoms with E-state index in [1.807, 2.05) is 6.07 Å². The zero-order valence-electron chi connectivity index (χ0n) is 15.2. The number of sulfone groups is 1. The number of aliphatic imine (C=N–C) groups is 1. The molecule has 0 heterocycles. The third-order valence-electron chi connectivity index (χ3n) is 5.26. The number of benzene rings is 1. The number of nitrogens with one attached hydrogen (secondary N) is 2. The minimum Gasteiger partial charge on any atom is -0.356 e. The van der Waals surface area contributed by atoms with Gasteiger partial charge in [0.25, 0.3) is 0 Å². The van der Waals surface area contributed by atoms with Gasteiger partial charge < -0.3 is 10.6 Å². The highest BCUT2D eigenvalue weighted by Crippen LogP contribution is 2.48. The van der Waals surface area contributed by atoms with Gasteiger partial charge in [0.1, 0.15) is 9.84 Å². The monoisotopic (exact) mass is 555 g/mol. The first kappa shape index (κ1) is 21.9. The normalized spacial score (nSPS) is 20.0. The topological polar surface area (TPSA) is 70.6 Å². The highest BCUT2D eigenvalue weighted by atomic mass is 127. The maximum absolute atomic E-state index is 11.6. The number of hydrogen-bond donors (Lipinski definition) is 2. The molecule has 0 atom stereocenters. The predicted octanol–water partition coefficient (Wildman–Crippen LogP) is 3.09. The van der Waals surface area contributed by atoms with Crippen LogP contribution in [0.25, 0.3) is 0 Å². The van der Waals surface area contributed by atoms with Crippen LogP contribution in [0.2, 0.25) is 0 Å². The van der Waals surface area contributed by atoms with E-state index in [1.54, 1.807) is 7.05 Å². The van der Waals surface area contributed by atoms with Crippen LogP contribution >= 0.6 is 39.9 Å². The first-order chi connectivity index (χ1) is 11.8. The van der Waals surface area contributed by atoms with Crippen LogP contribution in [-0.4, -0.2) is 46.5 Å². The van der Waals surface area contributed by atoms with Crippen molar-refractivity contribution >= 4 is 55.7 Å². The molecule has 1 aromatic carbocycles. The van der Waals surface area contributed by atoms with Crippen LogP contribution in [0.4, 0.5) is 0 Å². The average molecular weight is 556 g/mol. The Bertz CT molecular complexity index is 774. The van der Waals surface area contributed by atoms with E-state index in [1.165, 1.54) is 24.7 Å². The molecule has 26 heavy (non-hydrogen) atoms. The molecular weight excluding hydrogens is 529 g/mol. The van der Waals surface area contributed by atoms with Gasteiger partial charge in [-0.05, 0) is 43.4 Å². The third kappa shape index (κ3) is 5.82. The number of rotatable bonds is 7. The Morgan fingerprint density at radius 2 is 1.85 bits per heavy atom. The molecule has 146 valence electrons. The van der Waals surface area contributed by atoms with E-state index in [0.717, 1.165) is 29.8 Å². The summed E-state index contributed by atoms with van der Waals surface area (Å²) in [5.74, 6) is 1.01. The van der Waals surface area contributed by atoms with Gasteiger partial charge >= 0.3 is 0 Å². The van der Waals surface area contributed by atoms with Crippen molar-refractivity contribution in [3.05, 3.63) is 34.3 Å². The summed E-state index contributed by atoms with van der Waals surface area (Å²) in [4.78, 5) is 4.29. The number of halogens is 2. The van der Waals surface area contributed by atoms with Gasteiger partial charge in [-0.1, -0.05) is 28.1 Å². The molecular formula is C18H27BrIN3O2S. The largest absolute Gasteiger partial charge is 0.356 e. The number of guanidine groups is 1. The Kier molecular flexibility index (Phi) is 7.04. The van der Waals surface area contributed by atoms with Crippen LogP contribution < -0.4 is 10.6 Å². The summed E-state index contributed by atoms with van der Waals surface area (Å²) in [6, 6.07) is 8.50. The van der Waals surface area contributed by atoms with E-state index in [9.17, 15) is 8.42 Å². The Hall–Kier alpha value is -0.350. The first-order valence-electron chi connectivity index (χ1n) is 8.64. The fraction of sp³-hybridized carbons (Fsp3) is 0.611. The molecule has 8 heteroatoms. The van der Waals surface area contributed by atoms with Gasteiger partial charge in [-0.15, -0.1) is 24.0 Å². The summed E-state index contributed by atoms with van der Waals surface area (Å²) in [7, 11) is -1.19. The summed E-state index contributed by atoms with van der Waals surface area (Å²) < 4.78 is 24.3. The van der Waals surface area contributed by atoms with Crippen LogP contribution in [0.1, 0.15) is 31.2 Å². The molecule has 0 saturated heterocycles. The Morgan fingerprint density at radius 3 is 2.35 bits per heavy atom. The first-order valence-corrected chi connectivity index (χ1v) is 11.5. The molecule has 0 bridgehead atoms. The zero-order chi connectivity index (χ0) is 18.1. The lowest BCUT2D eigenvalue weighted by Gasteiger charge is -2.21. The second-order valence-corrected chi connectivity index (χ2v) is 10.7. The lowest BCUT2D eigenvalue weighted by Crippen LogP contribution is -2.44. The standard InChI is InChI=1S/C18H26BrN3O2S.HI/c1-20-16(21-11-17(6-7-17)13-25(2,23)24)22-12-18(8-9-18)14-4-3-5-15(19)10-14;/h3-5,10H,6-9,11-13H2,1-2H3,(H2,20,21,22);1H. The van der Waals surface area contributed by atoms with Crippen LogP contribution in [0.3, 0.4) is 0 Å². The van der Waals surface area contributed by atoms with Crippen LogP contribution in [-0.2, 0) is 15.3 Å². The SMILES string of the molecule is CN=C(NCC1(CS(C)(=O)=O)CC1)NCC1(c2cccc(Br)c2)CC1.I. The third-order valence-corrected chi connectivity index (χ3v) is 6.89. The van der Waals surface area contributed by atoms with E-state index in [-0.39, 0.29) is 40.6 Å². The van der Waals surface area contributed by atoms with Crippen molar-refractivity contribution in [3.63, 3.8) is 0 Å². The lowest BCUT2D eigenvalue weighted by molar-refractivity contribution is 0.527.